The number of rotatable bonds is 11. The van der Waals surface area contributed by atoms with Gasteiger partial charge in [-0.1, -0.05) is 19.8 Å². The van der Waals surface area contributed by atoms with Gasteiger partial charge < -0.3 is 10.1 Å². The first kappa shape index (κ1) is 15.9. The maximum atomic E-state index is 5.41. The molecule has 108 valence electrons. The Morgan fingerprint density at radius 2 is 2.00 bits per heavy atom. The highest BCUT2D eigenvalue weighted by atomic mass is 16.5. The molecule has 18 heavy (non-hydrogen) atoms. The van der Waals surface area contributed by atoms with Crippen molar-refractivity contribution in [1.29, 1.82) is 0 Å². The van der Waals surface area contributed by atoms with Crippen molar-refractivity contribution >= 4 is 0 Å². The molecule has 0 aromatic rings. The molecule has 0 spiro atoms. The van der Waals surface area contributed by atoms with Crippen molar-refractivity contribution in [1.82, 2.24) is 10.2 Å². The minimum atomic E-state index is 0.521. The van der Waals surface area contributed by atoms with Gasteiger partial charge in [-0.25, -0.2) is 0 Å². The fraction of sp³-hybridized carbons (Fsp3) is 1.00. The average Bonchev–Trinajstić information content (AvgIpc) is 3.14. The third kappa shape index (κ3) is 6.17. The molecule has 1 aliphatic carbocycles. The lowest BCUT2D eigenvalue weighted by molar-refractivity contribution is 0.0679. The van der Waals surface area contributed by atoms with Crippen molar-refractivity contribution in [3.8, 4) is 0 Å². The molecule has 0 heterocycles. The fourth-order valence-corrected chi connectivity index (χ4v) is 2.46. The molecular weight excluding hydrogens is 224 g/mol. The summed E-state index contributed by atoms with van der Waals surface area (Å²) in [4.78, 5) is 2.61. The second kappa shape index (κ2) is 8.89. The summed E-state index contributed by atoms with van der Waals surface area (Å²) in [5.74, 6) is 0. The van der Waals surface area contributed by atoms with E-state index in [9.17, 15) is 0 Å². The van der Waals surface area contributed by atoms with Crippen molar-refractivity contribution in [3.05, 3.63) is 0 Å². The van der Waals surface area contributed by atoms with Crippen LogP contribution in [-0.4, -0.2) is 49.8 Å². The van der Waals surface area contributed by atoms with E-state index < -0.39 is 0 Å². The van der Waals surface area contributed by atoms with Gasteiger partial charge in [0.05, 0.1) is 6.61 Å². The first-order valence-electron chi connectivity index (χ1n) is 7.67. The maximum Gasteiger partial charge on any atom is 0.0630 e. The van der Waals surface area contributed by atoms with Gasteiger partial charge in [-0.05, 0) is 39.7 Å². The molecule has 3 nitrogen and oxygen atoms in total. The average molecular weight is 256 g/mol. The molecule has 0 amide bonds. The summed E-state index contributed by atoms with van der Waals surface area (Å²) >= 11 is 0. The Morgan fingerprint density at radius 1 is 1.28 bits per heavy atom. The Kier molecular flexibility index (Phi) is 7.87. The lowest BCUT2D eigenvalue weighted by Crippen LogP contribution is -2.49. The van der Waals surface area contributed by atoms with Crippen LogP contribution in [0.2, 0.25) is 0 Å². The predicted molar refractivity (Wildman–Crippen MR) is 78.1 cm³/mol. The third-order valence-corrected chi connectivity index (χ3v) is 3.73. The topological polar surface area (TPSA) is 24.5 Å². The minimum Gasteiger partial charge on any atom is -0.383 e. The van der Waals surface area contributed by atoms with Crippen molar-refractivity contribution in [2.75, 3.05) is 26.8 Å². The maximum absolute atomic E-state index is 5.41. The molecule has 0 aliphatic heterocycles. The molecule has 1 saturated carbocycles. The van der Waals surface area contributed by atoms with E-state index in [0.717, 1.165) is 19.2 Å². The van der Waals surface area contributed by atoms with Crippen molar-refractivity contribution in [2.45, 2.75) is 71.0 Å². The highest BCUT2D eigenvalue weighted by molar-refractivity contribution is 4.85. The number of hydrogen-bond donors (Lipinski definition) is 1. The zero-order valence-electron chi connectivity index (χ0n) is 12.7. The van der Waals surface area contributed by atoms with Crippen LogP contribution in [0.25, 0.3) is 0 Å². The van der Waals surface area contributed by atoms with Crippen LogP contribution in [0, 0.1) is 0 Å². The molecule has 0 bridgehead atoms. The van der Waals surface area contributed by atoms with Gasteiger partial charge in [-0.15, -0.1) is 0 Å². The summed E-state index contributed by atoms with van der Waals surface area (Å²) in [6, 6.07) is 1.91. The molecular formula is C15H32N2O. The van der Waals surface area contributed by atoms with Gasteiger partial charge >= 0.3 is 0 Å². The predicted octanol–water partition coefficient (Wildman–Crippen LogP) is 2.65. The van der Waals surface area contributed by atoms with Crippen molar-refractivity contribution in [3.63, 3.8) is 0 Å². The van der Waals surface area contributed by atoms with Gasteiger partial charge in [-0.2, -0.15) is 0 Å². The van der Waals surface area contributed by atoms with E-state index >= 15 is 0 Å². The van der Waals surface area contributed by atoms with Crippen LogP contribution >= 0.6 is 0 Å². The second-order valence-corrected chi connectivity index (χ2v) is 5.83. The summed E-state index contributed by atoms with van der Waals surface area (Å²) in [6.07, 6.45) is 6.65. The van der Waals surface area contributed by atoms with E-state index in [-0.39, 0.29) is 0 Å². The third-order valence-electron chi connectivity index (χ3n) is 3.73. The van der Waals surface area contributed by atoms with E-state index in [1.165, 1.54) is 38.6 Å². The zero-order chi connectivity index (χ0) is 13.4. The fourth-order valence-electron chi connectivity index (χ4n) is 2.46. The van der Waals surface area contributed by atoms with Gasteiger partial charge in [0.2, 0.25) is 0 Å². The first-order chi connectivity index (χ1) is 8.69. The van der Waals surface area contributed by atoms with E-state index in [1.807, 2.05) is 7.11 Å². The number of nitrogens with zero attached hydrogens (tertiary/aromatic N) is 1. The van der Waals surface area contributed by atoms with Crippen molar-refractivity contribution < 1.29 is 4.74 Å². The van der Waals surface area contributed by atoms with Crippen LogP contribution in [0.15, 0.2) is 0 Å². The van der Waals surface area contributed by atoms with Crippen LogP contribution in [0.5, 0.6) is 0 Å². The lowest BCUT2D eigenvalue weighted by Gasteiger charge is -2.35. The molecule has 0 aromatic heterocycles. The molecule has 1 rings (SSSR count). The number of nitrogens with one attached hydrogen (secondary N) is 1. The molecule has 1 unspecified atom stereocenters. The van der Waals surface area contributed by atoms with Crippen LogP contribution in [0.4, 0.5) is 0 Å². The summed E-state index contributed by atoms with van der Waals surface area (Å²) in [5, 5.41) is 3.65. The highest BCUT2D eigenvalue weighted by Gasteiger charge is 2.25. The molecule has 0 saturated heterocycles. The molecule has 1 fully saturated rings. The van der Waals surface area contributed by atoms with Gasteiger partial charge in [0.25, 0.3) is 0 Å². The largest absolute Gasteiger partial charge is 0.383 e. The van der Waals surface area contributed by atoms with E-state index in [1.54, 1.807) is 0 Å². The van der Waals surface area contributed by atoms with Gasteiger partial charge in [0.15, 0.2) is 0 Å². The summed E-state index contributed by atoms with van der Waals surface area (Å²) in [6.45, 7) is 9.97. The number of methoxy groups -OCH3 is 1. The monoisotopic (exact) mass is 256 g/mol. The Balaban J connectivity index is 2.40. The van der Waals surface area contributed by atoms with Crippen LogP contribution in [0.3, 0.4) is 0 Å². The molecule has 1 atom stereocenters. The molecule has 3 heteroatoms. The molecule has 1 aliphatic rings. The molecule has 1 N–H and O–H groups in total. The first-order valence-corrected chi connectivity index (χ1v) is 7.67. The minimum absolute atomic E-state index is 0.521. The summed E-state index contributed by atoms with van der Waals surface area (Å²) < 4.78 is 5.41. The molecule has 0 radical (unpaired) electrons. The lowest BCUT2D eigenvalue weighted by atomic mass is 10.1. The summed E-state index contributed by atoms with van der Waals surface area (Å²) in [7, 11) is 1.81. The number of unbranched alkanes of at least 4 members (excludes halogenated alkanes) is 2. The Bertz CT molecular complexity index is 205. The van der Waals surface area contributed by atoms with E-state index in [4.69, 9.17) is 4.74 Å². The Hall–Kier alpha value is -0.120. The summed E-state index contributed by atoms with van der Waals surface area (Å²) in [5.41, 5.74) is 0. The van der Waals surface area contributed by atoms with E-state index in [2.05, 4.69) is 31.0 Å². The quantitative estimate of drug-likeness (QED) is 0.575. The van der Waals surface area contributed by atoms with Gasteiger partial charge in [0, 0.05) is 31.8 Å². The van der Waals surface area contributed by atoms with Crippen molar-refractivity contribution in [2.24, 2.45) is 0 Å². The molecule has 0 aromatic carbocycles. The van der Waals surface area contributed by atoms with Gasteiger partial charge in [-0.3, -0.25) is 4.90 Å². The number of hydrogen-bond acceptors (Lipinski definition) is 3. The standard InChI is InChI=1S/C15H32N2O/c1-5-6-7-10-17(13(2)3)15(12-18-4)11-16-14-8-9-14/h13-16H,5-12H2,1-4H3. The van der Waals surface area contributed by atoms with E-state index in [0.29, 0.717) is 12.1 Å². The van der Waals surface area contributed by atoms with Crippen LogP contribution in [-0.2, 0) is 4.74 Å². The normalized spacial score (nSPS) is 17.7. The van der Waals surface area contributed by atoms with Crippen LogP contribution in [0.1, 0.15) is 52.9 Å². The second-order valence-electron chi connectivity index (χ2n) is 5.83. The van der Waals surface area contributed by atoms with Crippen LogP contribution < -0.4 is 5.32 Å². The zero-order valence-corrected chi connectivity index (χ0v) is 12.7. The smallest absolute Gasteiger partial charge is 0.0630 e. The number of ether oxygens (including phenoxy) is 1. The Labute approximate surface area is 113 Å². The highest BCUT2D eigenvalue weighted by Crippen LogP contribution is 2.19. The SMILES string of the molecule is CCCCCN(C(C)C)C(CNC1CC1)COC. The van der Waals surface area contributed by atoms with Gasteiger partial charge in [0.1, 0.15) is 0 Å². The Morgan fingerprint density at radius 3 is 2.50 bits per heavy atom.